The predicted molar refractivity (Wildman–Crippen MR) is 125 cm³/mol. The van der Waals surface area contributed by atoms with Gasteiger partial charge in [-0.05, 0) is 42.2 Å². The van der Waals surface area contributed by atoms with Gasteiger partial charge in [0, 0.05) is 31.3 Å². The van der Waals surface area contributed by atoms with E-state index in [1.165, 1.54) is 19.3 Å². The van der Waals surface area contributed by atoms with Gasteiger partial charge in [-0.15, -0.1) is 0 Å². The Morgan fingerprint density at radius 3 is 2.55 bits per heavy atom. The Balaban J connectivity index is 2.06. The van der Waals surface area contributed by atoms with Gasteiger partial charge in [-0.3, -0.25) is 9.69 Å². The number of hydrogen-bond donors (Lipinski definition) is 2. The molecule has 2 rings (SSSR count). The Hall–Kier alpha value is -3.02. The van der Waals surface area contributed by atoms with Crippen LogP contribution in [-0.2, 0) is 11.2 Å². The average Bonchev–Trinajstić information content (AvgIpc) is 2.79. The number of amides is 2. The minimum atomic E-state index is -0.821. The monoisotopic (exact) mass is 426 g/mol. The number of nitrogens with zero attached hydrogens (tertiary/aromatic N) is 1. The number of aliphatic carboxylic acids is 1. The summed E-state index contributed by atoms with van der Waals surface area (Å²) < 4.78 is 5.55. The molecule has 0 atom stereocenters. The second-order valence-corrected chi connectivity index (χ2v) is 7.68. The standard InChI is InChI=1S/C25H34N2O4/c1-4-5-6-7-8-16-26-25(30)27(2)21-11-9-10-20(18-21)22-14-12-19(13-15-24(28)29)17-23(22)31-3/h9-12,14,17-18H,4-8,13,15-16H2,1-3H3,(H,26,30)(H,28,29). The molecule has 2 aromatic carbocycles. The maximum atomic E-state index is 12.5. The number of carboxylic acids is 1. The molecule has 31 heavy (non-hydrogen) atoms. The van der Waals surface area contributed by atoms with Crippen LogP contribution in [0.4, 0.5) is 10.5 Å². The van der Waals surface area contributed by atoms with Crippen LogP contribution in [0.2, 0.25) is 0 Å². The molecule has 168 valence electrons. The number of methoxy groups -OCH3 is 1. The number of carboxylic acid groups (broad SMARTS) is 1. The fraction of sp³-hybridized carbons (Fsp3) is 0.440. The third-order valence-corrected chi connectivity index (χ3v) is 5.30. The fourth-order valence-electron chi connectivity index (χ4n) is 3.42. The molecule has 2 amide bonds. The maximum Gasteiger partial charge on any atom is 0.321 e. The van der Waals surface area contributed by atoms with Gasteiger partial charge >= 0.3 is 12.0 Å². The number of unbranched alkanes of at least 4 members (excludes halogenated alkanes) is 4. The van der Waals surface area contributed by atoms with Gasteiger partial charge in [-0.2, -0.15) is 0 Å². The number of nitrogens with one attached hydrogen (secondary N) is 1. The Morgan fingerprint density at radius 1 is 1.06 bits per heavy atom. The third-order valence-electron chi connectivity index (χ3n) is 5.30. The minimum absolute atomic E-state index is 0.0799. The lowest BCUT2D eigenvalue weighted by molar-refractivity contribution is -0.136. The Labute approximate surface area is 185 Å². The first-order valence-electron chi connectivity index (χ1n) is 11.0. The highest BCUT2D eigenvalue weighted by Crippen LogP contribution is 2.33. The summed E-state index contributed by atoms with van der Waals surface area (Å²) in [6.07, 6.45) is 6.32. The predicted octanol–water partition coefficient (Wildman–Crippen LogP) is 5.50. The quantitative estimate of drug-likeness (QED) is 0.440. The van der Waals surface area contributed by atoms with Crippen molar-refractivity contribution in [3.8, 4) is 16.9 Å². The van der Waals surface area contributed by atoms with E-state index < -0.39 is 5.97 Å². The second-order valence-electron chi connectivity index (χ2n) is 7.68. The zero-order valence-electron chi connectivity index (χ0n) is 18.8. The van der Waals surface area contributed by atoms with Crippen molar-refractivity contribution in [1.82, 2.24) is 5.32 Å². The topological polar surface area (TPSA) is 78.9 Å². The smallest absolute Gasteiger partial charge is 0.321 e. The Kier molecular flexibility index (Phi) is 9.88. The van der Waals surface area contributed by atoms with E-state index in [0.29, 0.717) is 18.7 Å². The highest BCUT2D eigenvalue weighted by atomic mass is 16.5. The van der Waals surface area contributed by atoms with Crippen molar-refractivity contribution in [3.63, 3.8) is 0 Å². The van der Waals surface area contributed by atoms with Crippen LogP contribution < -0.4 is 15.0 Å². The normalized spacial score (nSPS) is 10.5. The Bertz CT molecular complexity index is 866. The van der Waals surface area contributed by atoms with Crippen LogP contribution in [0.1, 0.15) is 51.0 Å². The number of carbonyl (C=O) groups excluding carboxylic acids is 1. The van der Waals surface area contributed by atoms with E-state index in [0.717, 1.165) is 35.2 Å². The first-order chi connectivity index (χ1) is 15.0. The van der Waals surface area contributed by atoms with Crippen LogP contribution >= 0.6 is 0 Å². The number of rotatable bonds is 12. The number of hydrogen-bond acceptors (Lipinski definition) is 3. The highest BCUT2D eigenvalue weighted by Gasteiger charge is 2.13. The summed E-state index contributed by atoms with van der Waals surface area (Å²) in [5, 5.41) is 11.9. The SMILES string of the molecule is CCCCCCCNC(=O)N(C)c1cccc(-c2ccc(CCC(=O)O)cc2OC)c1. The van der Waals surface area contributed by atoms with Gasteiger partial charge < -0.3 is 15.2 Å². The molecule has 0 unspecified atom stereocenters. The lowest BCUT2D eigenvalue weighted by Crippen LogP contribution is -2.37. The van der Waals surface area contributed by atoms with Gasteiger partial charge in [0.05, 0.1) is 7.11 Å². The van der Waals surface area contributed by atoms with E-state index in [4.69, 9.17) is 9.84 Å². The number of benzene rings is 2. The molecule has 0 saturated carbocycles. The van der Waals surface area contributed by atoms with Crippen LogP contribution in [0, 0.1) is 0 Å². The number of ether oxygens (including phenoxy) is 1. The summed E-state index contributed by atoms with van der Waals surface area (Å²) in [7, 11) is 3.36. The molecule has 0 saturated heterocycles. The molecule has 6 nitrogen and oxygen atoms in total. The van der Waals surface area contributed by atoms with Gasteiger partial charge in [0.2, 0.25) is 0 Å². The summed E-state index contributed by atoms with van der Waals surface area (Å²) in [4.78, 5) is 25.0. The molecule has 0 bridgehead atoms. The molecular formula is C25H34N2O4. The van der Waals surface area contributed by atoms with Gasteiger partial charge in [-0.1, -0.05) is 56.9 Å². The van der Waals surface area contributed by atoms with Crippen molar-refractivity contribution in [2.45, 2.75) is 51.9 Å². The lowest BCUT2D eigenvalue weighted by atomic mass is 10.00. The van der Waals surface area contributed by atoms with Crippen molar-refractivity contribution in [1.29, 1.82) is 0 Å². The minimum Gasteiger partial charge on any atom is -0.496 e. The molecular weight excluding hydrogens is 392 g/mol. The summed E-state index contributed by atoms with van der Waals surface area (Å²) in [6.45, 7) is 2.87. The van der Waals surface area contributed by atoms with Crippen molar-refractivity contribution in [3.05, 3.63) is 48.0 Å². The van der Waals surface area contributed by atoms with Crippen LogP contribution in [0.25, 0.3) is 11.1 Å². The van der Waals surface area contributed by atoms with Crippen LogP contribution in [0.5, 0.6) is 5.75 Å². The van der Waals surface area contributed by atoms with E-state index >= 15 is 0 Å². The van der Waals surface area contributed by atoms with Crippen LogP contribution in [-0.4, -0.2) is 37.8 Å². The lowest BCUT2D eigenvalue weighted by Gasteiger charge is -2.19. The molecule has 2 aromatic rings. The van der Waals surface area contributed by atoms with Crippen molar-refractivity contribution in [2.75, 3.05) is 25.6 Å². The summed E-state index contributed by atoms with van der Waals surface area (Å²) in [5.41, 5.74) is 3.53. The van der Waals surface area contributed by atoms with Gasteiger partial charge in [-0.25, -0.2) is 4.79 Å². The molecule has 0 spiro atoms. The fourth-order valence-corrected chi connectivity index (χ4v) is 3.42. The maximum absolute atomic E-state index is 12.5. The first-order valence-corrected chi connectivity index (χ1v) is 11.0. The number of anilines is 1. The van der Waals surface area contributed by atoms with Crippen molar-refractivity contribution in [2.24, 2.45) is 0 Å². The highest BCUT2D eigenvalue weighted by molar-refractivity contribution is 5.92. The van der Waals surface area contributed by atoms with Crippen LogP contribution in [0.3, 0.4) is 0 Å². The molecule has 6 heteroatoms. The largest absolute Gasteiger partial charge is 0.496 e. The second kappa shape index (κ2) is 12.6. The van der Waals surface area contributed by atoms with Crippen LogP contribution in [0.15, 0.2) is 42.5 Å². The number of urea groups is 1. The zero-order chi connectivity index (χ0) is 22.6. The summed E-state index contributed by atoms with van der Waals surface area (Å²) in [6, 6.07) is 13.3. The summed E-state index contributed by atoms with van der Waals surface area (Å²) in [5.74, 6) is -0.141. The van der Waals surface area contributed by atoms with E-state index in [1.807, 2.05) is 42.5 Å². The van der Waals surface area contributed by atoms with E-state index in [9.17, 15) is 9.59 Å². The van der Waals surface area contributed by atoms with Crippen molar-refractivity contribution < 1.29 is 19.4 Å². The average molecular weight is 427 g/mol. The molecule has 0 aliphatic heterocycles. The van der Waals surface area contributed by atoms with Gasteiger partial charge in [0.1, 0.15) is 5.75 Å². The molecule has 0 heterocycles. The molecule has 0 aliphatic rings. The molecule has 0 fully saturated rings. The molecule has 0 aliphatic carbocycles. The molecule has 0 aromatic heterocycles. The van der Waals surface area contributed by atoms with E-state index in [1.54, 1.807) is 19.1 Å². The van der Waals surface area contributed by atoms with Crippen molar-refractivity contribution >= 4 is 17.7 Å². The molecule has 0 radical (unpaired) electrons. The zero-order valence-corrected chi connectivity index (χ0v) is 18.8. The van der Waals surface area contributed by atoms with E-state index in [-0.39, 0.29) is 12.5 Å². The number of carbonyl (C=O) groups is 2. The van der Waals surface area contributed by atoms with Gasteiger partial charge in [0.15, 0.2) is 0 Å². The third kappa shape index (κ3) is 7.63. The number of aryl methyl sites for hydroxylation is 1. The Morgan fingerprint density at radius 2 is 1.84 bits per heavy atom. The summed E-state index contributed by atoms with van der Waals surface area (Å²) >= 11 is 0. The van der Waals surface area contributed by atoms with Gasteiger partial charge in [0.25, 0.3) is 0 Å². The first kappa shape index (κ1) is 24.3. The molecule has 2 N–H and O–H groups in total. The van der Waals surface area contributed by atoms with E-state index in [2.05, 4.69) is 12.2 Å².